The van der Waals surface area contributed by atoms with Crippen molar-refractivity contribution in [1.29, 1.82) is 0 Å². The molecular weight excluding hydrogens is 358 g/mol. The number of carbonyl (C=O) groups excluding carboxylic acids is 2. The Morgan fingerprint density at radius 3 is 2.61 bits per heavy atom. The monoisotopic (exact) mass is 387 g/mol. The summed E-state index contributed by atoms with van der Waals surface area (Å²) in [5.41, 5.74) is 0.760. The average molecular weight is 387 g/mol. The molecule has 7 heteroatoms. The van der Waals surface area contributed by atoms with Crippen LogP contribution in [-0.2, 0) is 14.3 Å². The van der Waals surface area contributed by atoms with Crippen molar-refractivity contribution in [2.75, 3.05) is 64.0 Å². The molecule has 3 heterocycles. The van der Waals surface area contributed by atoms with E-state index in [2.05, 4.69) is 4.90 Å². The molecule has 0 aromatic heterocycles. The second-order valence-corrected chi connectivity index (χ2v) is 7.79. The maximum absolute atomic E-state index is 12.7. The Balaban J connectivity index is 1.24. The third kappa shape index (κ3) is 4.47. The van der Waals surface area contributed by atoms with Crippen molar-refractivity contribution in [3.05, 3.63) is 24.3 Å². The third-order valence-electron chi connectivity index (χ3n) is 5.94. The third-order valence-corrected chi connectivity index (χ3v) is 5.94. The summed E-state index contributed by atoms with van der Waals surface area (Å²) in [6, 6.07) is 7.50. The molecule has 2 saturated heterocycles. The molecule has 0 radical (unpaired) electrons. The predicted molar refractivity (Wildman–Crippen MR) is 105 cm³/mol. The predicted octanol–water partition coefficient (Wildman–Crippen LogP) is 1.37. The van der Waals surface area contributed by atoms with Crippen molar-refractivity contribution in [2.45, 2.75) is 19.3 Å². The molecule has 2 amide bonds. The number of amides is 2. The number of hydrogen-bond donors (Lipinski definition) is 0. The van der Waals surface area contributed by atoms with Crippen LogP contribution in [0.3, 0.4) is 0 Å². The zero-order valence-corrected chi connectivity index (χ0v) is 16.3. The van der Waals surface area contributed by atoms with Gasteiger partial charge in [0.2, 0.25) is 5.91 Å². The smallest absolute Gasteiger partial charge is 0.265 e. The van der Waals surface area contributed by atoms with E-state index in [0.717, 1.165) is 64.5 Å². The Morgan fingerprint density at radius 2 is 1.82 bits per heavy atom. The molecule has 2 fully saturated rings. The number of benzene rings is 1. The van der Waals surface area contributed by atoms with Crippen LogP contribution in [0.4, 0.5) is 5.69 Å². The van der Waals surface area contributed by atoms with Gasteiger partial charge in [-0.05, 0) is 30.9 Å². The molecule has 1 aromatic rings. The molecule has 0 spiro atoms. The summed E-state index contributed by atoms with van der Waals surface area (Å²) in [5.74, 6) is 1.42. The van der Waals surface area contributed by atoms with Crippen LogP contribution in [-0.4, -0.2) is 80.7 Å². The first-order chi connectivity index (χ1) is 13.7. The van der Waals surface area contributed by atoms with Crippen LogP contribution in [0, 0.1) is 5.92 Å². The van der Waals surface area contributed by atoms with Gasteiger partial charge >= 0.3 is 0 Å². The number of para-hydroxylation sites is 2. The maximum atomic E-state index is 12.7. The number of morpholine rings is 1. The fourth-order valence-corrected chi connectivity index (χ4v) is 4.28. The van der Waals surface area contributed by atoms with Gasteiger partial charge in [0.1, 0.15) is 5.75 Å². The lowest BCUT2D eigenvalue weighted by Gasteiger charge is -2.36. The van der Waals surface area contributed by atoms with Gasteiger partial charge in [0.15, 0.2) is 6.61 Å². The molecule has 3 aliphatic rings. The van der Waals surface area contributed by atoms with Gasteiger partial charge < -0.3 is 19.3 Å². The van der Waals surface area contributed by atoms with Gasteiger partial charge in [-0.15, -0.1) is 0 Å². The van der Waals surface area contributed by atoms with E-state index in [0.29, 0.717) is 24.6 Å². The average Bonchev–Trinajstić information content (AvgIpc) is 2.74. The number of hydrogen-bond acceptors (Lipinski definition) is 5. The van der Waals surface area contributed by atoms with E-state index >= 15 is 0 Å². The van der Waals surface area contributed by atoms with Gasteiger partial charge in [-0.3, -0.25) is 14.5 Å². The lowest BCUT2D eigenvalue weighted by atomic mass is 9.95. The summed E-state index contributed by atoms with van der Waals surface area (Å²) in [6.07, 6.45) is 2.47. The van der Waals surface area contributed by atoms with E-state index in [9.17, 15) is 9.59 Å². The molecule has 152 valence electrons. The molecule has 28 heavy (non-hydrogen) atoms. The number of carbonyl (C=O) groups is 2. The molecule has 3 aliphatic heterocycles. The summed E-state index contributed by atoms with van der Waals surface area (Å²) < 4.78 is 10.9. The minimum absolute atomic E-state index is 0.0398. The van der Waals surface area contributed by atoms with Gasteiger partial charge in [0.05, 0.1) is 18.9 Å². The Kier molecular flexibility index (Phi) is 6.12. The van der Waals surface area contributed by atoms with Crippen LogP contribution in [0.5, 0.6) is 5.75 Å². The first-order valence-corrected chi connectivity index (χ1v) is 10.3. The first kappa shape index (κ1) is 19.2. The highest BCUT2D eigenvalue weighted by molar-refractivity contribution is 5.98. The van der Waals surface area contributed by atoms with Crippen molar-refractivity contribution in [3.63, 3.8) is 0 Å². The zero-order valence-electron chi connectivity index (χ0n) is 16.3. The number of likely N-dealkylation sites (tertiary alicyclic amines) is 1. The number of ether oxygens (including phenoxy) is 2. The van der Waals surface area contributed by atoms with Crippen LogP contribution in [0.15, 0.2) is 24.3 Å². The molecule has 7 nitrogen and oxygen atoms in total. The fraction of sp³-hybridized carbons (Fsp3) is 0.619. The lowest BCUT2D eigenvalue weighted by molar-refractivity contribution is -0.132. The van der Waals surface area contributed by atoms with E-state index in [1.54, 1.807) is 4.90 Å². The summed E-state index contributed by atoms with van der Waals surface area (Å²) in [5, 5.41) is 0. The van der Waals surface area contributed by atoms with E-state index in [1.807, 2.05) is 29.2 Å². The van der Waals surface area contributed by atoms with E-state index in [-0.39, 0.29) is 18.4 Å². The number of piperidine rings is 1. The van der Waals surface area contributed by atoms with Crippen LogP contribution in [0.1, 0.15) is 19.3 Å². The van der Waals surface area contributed by atoms with Crippen LogP contribution < -0.4 is 9.64 Å². The van der Waals surface area contributed by atoms with E-state index < -0.39 is 0 Å². The van der Waals surface area contributed by atoms with Gasteiger partial charge in [-0.1, -0.05) is 12.1 Å². The molecule has 0 bridgehead atoms. The topological polar surface area (TPSA) is 62.3 Å². The number of nitrogens with zero attached hydrogens (tertiary/aromatic N) is 3. The summed E-state index contributed by atoms with van der Waals surface area (Å²) in [6.45, 7) is 6.92. The summed E-state index contributed by atoms with van der Waals surface area (Å²) in [4.78, 5) is 31.1. The highest BCUT2D eigenvalue weighted by Crippen LogP contribution is 2.31. The molecule has 0 aliphatic carbocycles. The van der Waals surface area contributed by atoms with Crippen LogP contribution in [0.2, 0.25) is 0 Å². The molecule has 1 aromatic carbocycles. The summed E-state index contributed by atoms with van der Waals surface area (Å²) in [7, 11) is 0. The SMILES string of the molecule is O=C(CCN1C(=O)COc2ccccc21)N1CCC(CN2CCOCC2)CC1. The van der Waals surface area contributed by atoms with Gasteiger partial charge in [-0.25, -0.2) is 0 Å². The van der Waals surface area contributed by atoms with Crippen molar-refractivity contribution >= 4 is 17.5 Å². The van der Waals surface area contributed by atoms with Crippen LogP contribution >= 0.6 is 0 Å². The number of rotatable bonds is 5. The second kappa shape index (κ2) is 8.92. The minimum Gasteiger partial charge on any atom is -0.482 e. The van der Waals surface area contributed by atoms with Gasteiger partial charge in [0.25, 0.3) is 5.91 Å². The Hall–Kier alpha value is -2.12. The Bertz CT molecular complexity index is 697. The largest absolute Gasteiger partial charge is 0.482 e. The Morgan fingerprint density at radius 1 is 1.07 bits per heavy atom. The highest BCUT2D eigenvalue weighted by atomic mass is 16.5. The van der Waals surface area contributed by atoms with E-state index in [1.165, 1.54) is 0 Å². The standard InChI is InChI=1S/C21H29N3O4/c25-20(7-10-24-18-3-1-2-4-19(18)28-16-21(24)26)23-8-5-17(6-9-23)15-22-11-13-27-14-12-22/h1-4,17H,5-16H2. The van der Waals surface area contributed by atoms with E-state index in [4.69, 9.17) is 9.47 Å². The summed E-state index contributed by atoms with van der Waals surface area (Å²) >= 11 is 0. The molecule has 4 rings (SSSR count). The zero-order chi connectivity index (χ0) is 19.3. The minimum atomic E-state index is -0.0873. The Labute approximate surface area is 166 Å². The fourth-order valence-electron chi connectivity index (χ4n) is 4.28. The number of anilines is 1. The number of fused-ring (bicyclic) bond motifs is 1. The molecule has 0 N–H and O–H groups in total. The van der Waals surface area contributed by atoms with Gasteiger partial charge in [-0.2, -0.15) is 0 Å². The second-order valence-electron chi connectivity index (χ2n) is 7.79. The van der Waals surface area contributed by atoms with Crippen molar-refractivity contribution in [3.8, 4) is 5.75 Å². The highest BCUT2D eigenvalue weighted by Gasteiger charge is 2.28. The maximum Gasteiger partial charge on any atom is 0.265 e. The quantitative estimate of drug-likeness (QED) is 0.764. The van der Waals surface area contributed by atoms with Crippen molar-refractivity contribution in [2.24, 2.45) is 5.92 Å². The molecule has 0 atom stereocenters. The van der Waals surface area contributed by atoms with Crippen molar-refractivity contribution < 1.29 is 19.1 Å². The van der Waals surface area contributed by atoms with Crippen molar-refractivity contribution in [1.82, 2.24) is 9.80 Å². The molecule has 0 saturated carbocycles. The molecular formula is C21H29N3O4. The molecule has 0 unspecified atom stereocenters. The normalized spacial score (nSPS) is 21.4. The lowest BCUT2D eigenvalue weighted by Crippen LogP contribution is -2.45. The first-order valence-electron chi connectivity index (χ1n) is 10.3. The van der Waals surface area contributed by atoms with Gasteiger partial charge in [0, 0.05) is 45.7 Å². The van der Waals surface area contributed by atoms with Crippen LogP contribution in [0.25, 0.3) is 0 Å².